The normalized spacial score (nSPS) is 10.5. The van der Waals surface area contributed by atoms with Gasteiger partial charge in [-0.3, -0.25) is 0 Å². The van der Waals surface area contributed by atoms with Gasteiger partial charge in [-0.15, -0.1) is 0 Å². The number of benzene rings is 1. The van der Waals surface area contributed by atoms with Crippen LogP contribution in [0.3, 0.4) is 0 Å². The second-order valence-corrected chi connectivity index (χ2v) is 4.89. The number of rotatable bonds is 4. The number of carbonyl (C=O) groups excluding carboxylic acids is 1. The number of carbonyl (C=O) groups is 1. The van der Waals surface area contributed by atoms with E-state index in [4.69, 9.17) is 13.9 Å². The average molecular weight is 288 g/mol. The summed E-state index contributed by atoms with van der Waals surface area (Å²) in [7, 11) is 1.61. The Kier molecular flexibility index (Phi) is 4.36. The van der Waals surface area contributed by atoms with Crippen LogP contribution >= 0.6 is 0 Å². The standard InChI is InChI=1S/C17H20O4/c1-6-20-17(18)16-12(4)21-11(3)15(16)13-9-10(2)7-8-14(13)19-5/h7-9H,6H2,1-5H3. The number of ether oxygens (including phenoxy) is 2. The highest BCUT2D eigenvalue weighted by molar-refractivity contribution is 6.00. The molecule has 0 spiro atoms. The van der Waals surface area contributed by atoms with Crippen molar-refractivity contribution in [1.29, 1.82) is 0 Å². The zero-order valence-corrected chi connectivity index (χ0v) is 13.1. The number of hydrogen-bond acceptors (Lipinski definition) is 4. The van der Waals surface area contributed by atoms with Crippen LogP contribution in [0.15, 0.2) is 22.6 Å². The summed E-state index contributed by atoms with van der Waals surface area (Å²) in [5.41, 5.74) is 3.14. The summed E-state index contributed by atoms with van der Waals surface area (Å²) in [5, 5.41) is 0. The fraction of sp³-hybridized carbons (Fsp3) is 0.353. The molecular weight excluding hydrogens is 268 g/mol. The first-order valence-corrected chi connectivity index (χ1v) is 6.91. The molecule has 0 atom stereocenters. The van der Waals surface area contributed by atoms with Crippen LogP contribution in [0.4, 0.5) is 0 Å². The lowest BCUT2D eigenvalue weighted by molar-refractivity contribution is 0.0525. The van der Waals surface area contributed by atoms with Crippen molar-refractivity contribution in [3.05, 3.63) is 40.8 Å². The molecule has 4 nitrogen and oxygen atoms in total. The van der Waals surface area contributed by atoms with Gasteiger partial charge in [0.1, 0.15) is 22.8 Å². The number of furan rings is 1. The highest BCUT2D eigenvalue weighted by Crippen LogP contribution is 2.38. The molecule has 4 heteroatoms. The minimum Gasteiger partial charge on any atom is -0.496 e. The van der Waals surface area contributed by atoms with Gasteiger partial charge in [0.15, 0.2) is 0 Å². The molecule has 0 N–H and O–H groups in total. The van der Waals surface area contributed by atoms with Crippen molar-refractivity contribution in [2.24, 2.45) is 0 Å². The van der Waals surface area contributed by atoms with E-state index in [-0.39, 0.29) is 5.97 Å². The Labute approximate surface area is 124 Å². The zero-order valence-electron chi connectivity index (χ0n) is 13.1. The second-order valence-electron chi connectivity index (χ2n) is 4.89. The lowest BCUT2D eigenvalue weighted by Gasteiger charge is -2.11. The minimum absolute atomic E-state index is 0.326. The molecule has 0 unspecified atom stereocenters. The summed E-state index contributed by atoms with van der Waals surface area (Å²) in [6, 6.07) is 5.84. The first-order chi connectivity index (χ1) is 9.99. The van der Waals surface area contributed by atoms with E-state index >= 15 is 0 Å². The van der Waals surface area contributed by atoms with Crippen LogP contribution in [-0.4, -0.2) is 19.7 Å². The van der Waals surface area contributed by atoms with E-state index in [0.717, 1.165) is 16.7 Å². The maximum atomic E-state index is 12.2. The Bertz CT molecular complexity index is 668. The molecular formula is C17H20O4. The summed E-state index contributed by atoms with van der Waals surface area (Å²) in [6.07, 6.45) is 0. The first-order valence-electron chi connectivity index (χ1n) is 6.91. The van der Waals surface area contributed by atoms with Crippen LogP contribution in [-0.2, 0) is 4.74 Å². The Hall–Kier alpha value is -2.23. The Morgan fingerprint density at radius 2 is 1.90 bits per heavy atom. The van der Waals surface area contributed by atoms with Gasteiger partial charge in [0.25, 0.3) is 0 Å². The van der Waals surface area contributed by atoms with Gasteiger partial charge in [0.05, 0.1) is 13.7 Å². The molecule has 0 saturated heterocycles. The van der Waals surface area contributed by atoms with Crippen molar-refractivity contribution in [3.63, 3.8) is 0 Å². The van der Waals surface area contributed by atoms with Gasteiger partial charge in [-0.1, -0.05) is 11.6 Å². The molecule has 1 heterocycles. The second kappa shape index (κ2) is 6.04. The number of aryl methyl sites for hydroxylation is 3. The van der Waals surface area contributed by atoms with E-state index in [1.54, 1.807) is 21.0 Å². The molecule has 2 aromatic rings. The van der Waals surface area contributed by atoms with Gasteiger partial charge in [-0.25, -0.2) is 4.79 Å². The topological polar surface area (TPSA) is 48.7 Å². The number of esters is 1. The molecule has 1 aromatic heterocycles. The molecule has 0 radical (unpaired) electrons. The highest BCUT2D eigenvalue weighted by Gasteiger charge is 2.25. The maximum Gasteiger partial charge on any atom is 0.342 e. The smallest absolute Gasteiger partial charge is 0.342 e. The number of hydrogen-bond donors (Lipinski definition) is 0. The average Bonchev–Trinajstić information content (AvgIpc) is 2.73. The van der Waals surface area contributed by atoms with Crippen LogP contribution in [0.2, 0.25) is 0 Å². The van der Waals surface area contributed by atoms with E-state index in [0.29, 0.717) is 29.4 Å². The monoisotopic (exact) mass is 288 g/mol. The van der Waals surface area contributed by atoms with Crippen LogP contribution in [0, 0.1) is 20.8 Å². The lowest BCUT2D eigenvalue weighted by atomic mass is 9.98. The van der Waals surface area contributed by atoms with Gasteiger partial charge in [-0.2, -0.15) is 0 Å². The molecule has 0 bridgehead atoms. The number of methoxy groups -OCH3 is 1. The third kappa shape index (κ3) is 2.79. The van der Waals surface area contributed by atoms with Crippen LogP contribution < -0.4 is 4.74 Å². The summed E-state index contributed by atoms with van der Waals surface area (Å²) in [5.74, 6) is 1.57. The van der Waals surface area contributed by atoms with Crippen molar-refractivity contribution < 1.29 is 18.7 Å². The summed E-state index contributed by atoms with van der Waals surface area (Å²) in [4.78, 5) is 12.2. The molecule has 0 amide bonds. The van der Waals surface area contributed by atoms with Crippen molar-refractivity contribution in [1.82, 2.24) is 0 Å². The molecule has 21 heavy (non-hydrogen) atoms. The third-order valence-electron chi connectivity index (χ3n) is 3.36. The molecule has 1 aromatic carbocycles. The zero-order chi connectivity index (χ0) is 15.6. The van der Waals surface area contributed by atoms with Crippen LogP contribution in [0.1, 0.15) is 34.4 Å². The van der Waals surface area contributed by atoms with Gasteiger partial charge in [0.2, 0.25) is 0 Å². The first kappa shape index (κ1) is 15.2. The fourth-order valence-electron chi connectivity index (χ4n) is 2.47. The van der Waals surface area contributed by atoms with E-state index in [1.807, 2.05) is 32.0 Å². The van der Waals surface area contributed by atoms with Crippen molar-refractivity contribution >= 4 is 5.97 Å². The lowest BCUT2D eigenvalue weighted by Crippen LogP contribution is -2.07. The maximum absolute atomic E-state index is 12.2. The Morgan fingerprint density at radius 1 is 1.19 bits per heavy atom. The van der Waals surface area contributed by atoms with E-state index < -0.39 is 0 Å². The molecule has 0 fully saturated rings. The molecule has 0 saturated carbocycles. The van der Waals surface area contributed by atoms with E-state index in [9.17, 15) is 4.79 Å². The van der Waals surface area contributed by atoms with Gasteiger partial charge in [-0.05, 0) is 39.8 Å². The molecule has 2 rings (SSSR count). The molecule has 0 aliphatic heterocycles. The SMILES string of the molecule is CCOC(=O)c1c(C)oc(C)c1-c1cc(C)ccc1OC. The summed E-state index contributed by atoms with van der Waals surface area (Å²) < 4.78 is 16.2. The predicted octanol–water partition coefficient (Wildman–Crippen LogP) is 4.06. The van der Waals surface area contributed by atoms with Crippen LogP contribution in [0.25, 0.3) is 11.1 Å². The van der Waals surface area contributed by atoms with Gasteiger partial charge in [0, 0.05) is 11.1 Å². The summed E-state index contributed by atoms with van der Waals surface area (Å²) >= 11 is 0. The van der Waals surface area contributed by atoms with Gasteiger partial charge < -0.3 is 13.9 Å². The third-order valence-corrected chi connectivity index (χ3v) is 3.36. The predicted molar refractivity (Wildman–Crippen MR) is 80.9 cm³/mol. The largest absolute Gasteiger partial charge is 0.496 e. The van der Waals surface area contributed by atoms with E-state index in [1.165, 1.54) is 0 Å². The molecule has 112 valence electrons. The van der Waals surface area contributed by atoms with Crippen molar-refractivity contribution in [2.75, 3.05) is 13.7 Å². The van der Waals surface area contributed by atoms with E-state index in [2.05, 4.69) is 0 Å². The van der Waals surface area contributed by atoms with Gasteiger partial charge >= 0.3 is 5.97 Å². The highest BCUT2D eigenvalue weighted by atomic mass is 16.5. The Balaban J connectivity index is 2.69. The van der Waals surface area contributed by atoms with Crippen LogP contribution in [0.5, 0.6) is 5.75 Å². The quantitative estimate of drug-likeness (QED) is 0.796. The molecule has 0 aliphatic carbocycles. The Morgan fingerprint density at radius 3 is 2.52 bits per heavy atom. The molecule has 0 aliphatic rings. The fourth-order valence-corrected chi connectivity index (χ4v) is 2.47. The minimum atomic E-state index is -0.370. The summed E-state index contributed by atoms with van der Waals surface area (Å²) in [6.45, 7) is 7.72. The van der Waals surface area contributed by atoms with Crippen molar-refractivity contribution in [3.8, 4) is 16.9 Å². The van der Waals surface area contributed by atoms with Crippen molar-refractivity contribution in [2.45, 2.75) is 27.7 Å².